The Morgan fingerprint density at radius 2 is 1.91 bits per heavy atom. The van der Waals surface area contributed by atoms with Gasteiger partial charge in [-0.1, -0.05) is 23.7 Å². The Labute approximate surface area is 132 Å². The number of nitrogens with zero attached hydrogens (tertiary/aromatic N) is 1. The lowest BCUT2D eigenvalue weighted by Crippen LogP contribution is -2.30. The number of rotatable bonds is 2. The van der Waals surface area contributed by atoms with Crippen LogP contribution >= 0.6 is 11.6 Å². The molecule has 0 aliphatic heterocycles. The first-order valence-electron chi connectivity index (χ1n) is 6.38. The minimum atomic E-state index is -5.00. The zero-order chi connectivity index (χ0) is 16.6. The summed E-state index contributed by atoms with van der Waals surface area (Å²) in [5.74, 6) is -1.89. The molecule has 8 heteroatoms. The van der Waals surface area contributed by atoms with E-state index in [9.17, 15) is 18.0 Å². The monoisotopic (exact) mass is 340 g/mol. The van der Waals surface area contributed by atoms with Gasteiger partial charge in [0.1, 0.15) is 5.52 Å². The van der Waals surface area contributed by atoms with Crippen molar-refractivity contribution in [3.8, 4) is 11.5 Å². The molecule has 0 radical (unpaired) electrons. The van der Waals surface area contributed by atoms with Crippen LogP contribution in [0.15, 0.2) is 46.9 Å². The molecule has 118 valence electrons. The largest absolute Gasteiger partial charge is 0.471 e. The van der Waals surface area contributed by atoms with E-state index in [1.54, 1.807) is 29.6 Å². The van der Waals surface area contributed by atoms with E-state index in [1.165, 1.54) is 18.2 Å². The number of oxazole rings is 1. The first-order chi connectivity index (χ1) is 10.8. The third-order valence-corrected chi connectivity index (χ3v) is 3.34. The van der Waals surface area contributed by atoms with Gasteiger partial charge < -0.3 is 9.73 Å². The standard InChI is InChI=1S/C15H8ClF3N2O2/c16-9-6-5-8(7-11(9)21-14(22)15(17,18)19)13-20-10-3-1-2-4-12(10)23-13/h1-7H,(H,21,22). The normalized spacial score (nSPS) is 11.7. The first-order valence-corrected chi connectivity index (χ1v) is 6.76. The van der Waals surface area contributed by atoms with Crippen molar-refractivity contribution in [3.05, 3.63) is 47.5 Å². The lowest BCUT2D eigenvalue weighted by Gasteiger charge is -2.10. The van der Waals surface area contributed by atoms with E-state index in [0.717, 1.165) is 0 Å². The van der Waals surface area contributed by atoms with Gasteiger partial charge in [0, 0.05) is 5.56 Å². The number of benzene rings is 2. The van der Waals surface area contributed by atoms with Crippen molar-refractivity contribution >= 4 is 34.3 Å². The number of anilines is 1. The Kier molecular flexibility index (Phi) is 3.73. The molecule has 0 spiro atoms. The van der Waals surface area contributed by atoms with Crippen LogP contribution in [-0.2, 0) is 4.79 Å². The summed E-state index contributed by atoms with van der Waals surface area (Å²) >= 11 is 5.82. The highest BCUT2D eigenvalue weighted by atomic mass is 35.5. The van der Waals surface area contributed by atoms with Gasteiger partial charge in [0.05, 0.1) is 10.7 Å². The fourth-order valence-electron chi connectivity index (χ4n) is 1.94. The van der Waals surface area contributed by atoms with Crippen LogP contribution in [0, 0.1) is 0 Å². The third-order valence-electron chi connectivity index (χ3n) is 3.01. The predicted octanol–water partition coefficient (Wildman–Crippen LogP) is 4.65. The zero-order valence-corrected chi connectivity index (χ0v) is 12.1. The molecule has 1 aromatic heterocycles. The van der Waals surface area contributed by atoms with Gasteiger partial charge in [-0.2, -0.15) is 13.2 Å². The van der Waals surface area contributed by atoms with Gasteiger partial charge in [-0.15, -0.1) is 0 Å². The molecule has 0 saturated heterocycles. The Bertz CT molecular complexity index is 857. The smallest absolute Gasteiger partial charge is 0.436 e. The number of aromatic nitrogens is 1. The van der Waals surface area contributed by atoms with E-state index in [2.05, 4.69) is 4.98 Å². The molecule has 0 fully saturated rings. The highest BCUT2D eigenvalue weighted by Crippen LogP contribution is 2.31. The fourth-order valence-corrected chi connectivity index (χ4v) is 2.11. The summed E-state index contributed by atoms with van der Waals surface area (Å²) in [4.78, 5) is 15.3. The van der Waals surface area contributed by atoms with Crippen molar-refractivity contribution in [1.82, 2.24) is 4.98 Å². The molecule has 1 amide bonds. The Balaban J connectivity index is 1.98. The number of carbonyl (C=O) groups is 1. The number of carbonyl (C=O) groups excluding carboxylic acids is 1. The van der Waals surface area contributed by atoms with Gasteiger partial charge >= 0.3 is 12.1 Å². The van der Waals surface area contributed by atoms with E-state index < -0.39 is 12.1 Å². The maximum Gasteiger partial charge on any atom is 0.471 e. The molecule has 4 nitrogen and oxygen atoms in total. The number of para-hydroxylation sites is 2. The Morgan fingerprint density at radius 3 is 2.61 bits per heavy atom. The van der Waals surface area contributed by atoms with Crippen LogP contribution < -0.4 is 5.32 Å². The van der Waals surface area contributed by atoms with Crippen molar-refractivity contribution in [1.29, 1.82) is 0 Å². The van der Waals surface area contributed by atoms with Gasteiger partial charge in [0.15, 0.2) is 5.58 Å². The maximum absolute atomic E-state index is 12.3. The number of alkyl halides is 3. The minimum absolute atomic E-state index is 0.0255. The zero-order valence-electron chi connectivity index (χ0n) is 11.3. The number of halogens is 4. The molecule has 2 aromatic carbocycles. The molecule has 1 heterocycles. The molecule has 3 rings (SSSR count). The van der Waals surface area contributed by atoms with Crippen LogP contribution in [0.3, 0.4) is 0 Å². The third kappa shape index (κ3) is 3.14. The summed E-state index contributed by atoms with van der Waals surface area (Å²) in [6.07, 6.45) is -5.00. The highest BCUT2D eigenvalue weighted by molar-refractivity contribution is 6.33. The van der Waals surface area contributed by atoms with Gasteiger partial charge in [0.25, 0.3) is 0 Å². The number of fused-ring (bicyclic) bond motifs is 1. The van der Waals surface area contributed by atoms with Crippen molar-refractivity contribution in [2.24, 2.45) is 0 Å². The van der Waals surface area contributed by atoms with Crippen LogP contribution in [0.25, 0.3) is 22.6 Å². The van der Waals surface area contributed by atoms with Crippen LogP contribution in [-0.4, -0.2) is 17.1 Å². The van der Waals surface area contributed by atoms with Crippen LogP contribution in [0.4, 0.5) is 18.9 Å². The summed E-state index contributed by atoms with van der Waals surface area (Å²) in [6, 6.07) is 11.2. The molecule has 0 saturated carbocycles. The van der Waals surface area contributed by atoms with Gasteiger partial charge in [-0.25, -0.2) is 4.98 Å². The molecule has 0 aliphatic rings. The molecule has 0 unspecified atom stereocenters. The van der Waals surface area contributed by atoms with Crippen molar-refractivity contribution in [3.63, 3.8) is 0 Å². The summed E-state index contributed by atoms with van der Waals surface area (Å²) in [6.45, 7) is 0. The molecule has 0 atom stereocenters. The van der Waals surface area contributed by atoms with Gasteiger partial charge in [0.2, 0.25) is 5.89 Å². The summed E-state index contributed by atoms with van der Waals surface area (Å²) in [7, 11) is 0. The molecule has 1 N–H and O–H groups in total. The second-order valence-electron chi connectivity index (χ2n) is 4.63. The molecule has 0 bridgehead atoms. The highest BCUT2D eigenvalue weighted by Gasteiger charge is 2.39. The predicted molar refractivity (Wildman–Crippen MR) is 79.1 cm³/mol. The number of hydrogen-bond acceptors (Lipinski definition) is 3. The van der Waals surface area contributed by atoms with Crippen molar-refractivity contribution in [2.45, 2.75) is 6.18 Å². The lowest BCUT2D eigenvalue weighted by atomic mass is 10.2. The number of nitrogens with one attached hydrogen (secondary N) is 1. The van der Waals surface area contributed by atoms with Gasteiger partial charge in [-0.05, 0) is 30.3 Å². The van der Waals surface area contributed by atoms with E-state index in [0.29, 0.717) is 16.7 Å². The molecular weight excluding hydrogens is 333 g/mol. The van der Waals surface area contributed by atoms with Crippen molar-refractivity contribution in [2.75, 3.05) is 5.32 Å². The second kappa shape index (κ2) is 5.58. The van der Waals surface area contributed by atoms with Crippen LogP contribution in [0.5, 0.6) is 0 Å². The maximum atomic E-state index is 12.3. The van der Waals surface area contributed by atoms with E-state index in [4.69, 9.17) is 16.0 Å². The molecular formula is C15H8ClF3N2O2. The average molecular weight is 341 g/mol. The first kappa shape index (κ1) is 15.4. The molecule has 3 aromatic rings. The van der Waals surface area contributed by atoms with E-state index >= 15 is 0 Å². The topological polar surface area (TPSA) is 55.1 Å². The van der Waals surface area contributed by atoms with E-state index in [1.807, 2.05) is 0 Å². The Morgan fingerprint density at radius 1 is 1.17 bits per heavy atom. The number of hydrogen-bond donors (Lipinski definition) is 1. The lowest BCUT2D eigenvalue weighted by molar-refractivity contribution is -0.167. The SMILES string of the molecule is O=C(Nc1cc(-c2nc3ccccc3o2)ccc1Cl)C(F)(F)F. The van der Waals surface area contributed by atoms with Crippen LogP contribution in [0.2, 0.25) is 5.02 Å². The summed E-state index contributed by atoms with van der Waals surface area (Å²) in [5.41, 5.74) is 1.37. The molecule has 0 aliphatic carbocycles. The fraction of sp³-hybridized carbons (Fsp3) is 0.0667. The van der Waals surface area contributed by atoms with Crippen molar-refractivity contribution < 1.29 is 22.4 Å². The average Bonchev–Trinajstić information content (AvgIpc) is 2.92. The quantitative estimate of drug-likeness (QED) is 0.738. The van der Waals surface area contributed by atoms with Crippen LogP contribution in [0.1, 0.15) is 0 Å². The number of amides is 1. The molecule has 23 heavy (non-hydrogen) atoms. The van der Waals surface area contributed by atoms with E-state index in [-0.39, 0.29) is 16.6 Å². The second-order valence-corrected chi connectivity index (χ2v) is 5.04. The van der Waals surface area contributed by atoms with Gasteiger partial charge in [-0.3, -0.25) is 4.79 Å². The summed E-state index contributed by atoms with van der Waals surface area (Å²) < 4.78 is 42.6. The Hall–Kier alpha value is -2.54. The minimum Gasteiger partial charge on any atom is -0.436 e. The summed E-state index contributed by atoms with van der Waals surface area (Å²) in [5, 5.41) is 1.70.